The van der Waals surface area contributed by atoms with Crippen molar-refractivity contribution >= 4 is 5.91 Å². The van der Waals surface area contributed by atoms with Crippen molar-refractivity contribution in [3.05, 3.63) is 46.0 Å². The SMILES string of the molecule is CC(C)(C)c1nc(CN2CCN(C(=O)c3ccc[nH]c3=O)CC2)no1. The largest absolute Gasteiger partial charge is 0.339 e. The van der Waals surface area contributed by atoms with E-state index >= 15 is 0 Å². The predicted octanol–water partition coefficient (Wildman–Crippen LogP) is 1.01. The lowest BCUT2D eigenvalue weighted by atomic mass is 9.97. The predicted molar refractivity (Wildman–Crippen MR) is 91.2 cm³/mol. The molecule has 1 fully saturated rings. The molecule has 25 heavy (non-hydrogen) atoms. The maximum absolute atomic E-state index is 12.4. The molecule has 8 heteroatoms. The molecule has 0 bridgehead atoms. The standard InChI is InChI=1S/C17H23N5O3/c1-17(2,3)16-19-13(20-25-16)11-21-7-9-22(10-8-21)15(24)12-5-4-6-18-14(12)23/h4-6H,7-11H2,1-3H3,(H,18,23). The second-order valence-corrected chi connectivity index (χ2v) is 7.25. The third kappa shape index (κ3) is 3.96. The topological polar surface area (TPSA) is 95.3 Å². The van der Waals surface area contributed by atoms with Crippen LogP contribution < -0.4 is 5.56 Å². The Bertz CT molecular complexity index is 797. The molecule has 0 atom stereocenters. The van der Waals surface area contributed by atoms with E-state index in [-0.39, 0.29) is 22.4 Å². The summed E-state index contributed by atoms with van der Waals surface area (Å²) in [5.74, 6) is 1.06. The number of pyridine rings is 1. The van der Waals surface area contributed by atoms with Crippen LogP contribution in [0.3, 0.4) is 0 Å². The molecule has 1 N–H and O–H groups in total. The number of H-pyrrole nitrogens is 1. The molecule has 1 aliphatic rings. The third-order valence-electron chi connectivity index (χ3n) is 4.18. The van der Waals surface area contributed by atoms with Crippen molar-refractivity contribution in [2.45, 2.75) is 32.7 Å². The van der Waals surface area contributed by atoms with Crippen LogP contribution in [0.4, 0.5) is 0 Å². The minimum Gasteiger partial charge on any atom is -0.339 e. The maximum atomic E-state index is 12.4. The van der Waals surface area contributed by atoms with Gasteiger partial charge in [0, 0.05) is 37.8 Å². The Labute approximate surface area is 145 Å². The molecule has 134 valence electrons. The summed E-state index contributed by atoms with van der Waals surface area (Å²) in [6, 6.07) is 3.22. The highest BCUT2D eigenvalue weighted by atomic mass is 16.5. The first-order chi connectivity index (χ1) is 11.8. The summed E-state index contributed by atoms with van der Waals surface area (Å²) in [5, 5.41) is 4.04. The molecular weight excluding hydrogens is 322 g/mol. The van der Waals surface area contributed by atoms with Gasteiger partial charge in [-0.15, -0.1) is 0 Å². The van der Waals surface area contributed by atoms with Crippen molar-refractivity contribution in [1.82, 2.24) is 24.9 Å². The van der Waals surface area contributed by atoms with Crippen LogP contribution in [0, 0.1) is 0 Å². The number of hydrogen-bond acceptors (Lipinski definition) is 6. The molecule has 1 amide bonds. The van der Waals surface area contributed by atoms with Crippen molar-refractivity contribution < 1.29 is 9.32 Å². The molecule has 0 aromatic carbocycles. The smallest absolute Gasteiger partial charge is 0.260 e. The van der Waals surface area contributed by atoms with Crippen molar-refractivity contribution in [3.63, 3.8) is 0 Å². The third-order valence-corrected chi connectivity index (χ3v) is 4.18. The summed E-state index contributed by atoms with van der Waals surface area (Å²) >= 11 is 0. The van der Waals surface area contributed by atoms with E-state index in [0.717, 1.165) is 0 Å². The average molecular weight is 345 g/mol. The summed E-state index contributed by atoms with van der Waals surface area (Å²) in [6.07, 6.45) is 1.52. The number of hydrogen-bond donors (Lipinski definition) is 1. The van der Waals surface area contributed by atoms with Crippen LogP contribution in [-0.4, -0.2) is 57.0 Å². The van der Waals surface area contributed by atoms with E-state index in [1.165, 1.54) is 6.20 Å². The van der Waals surface area contributed by atoms with Gasteiger partial charge in [-0.25, -0.2) is 0 Å². The van der Waals surface area contributed by atoms with E-state index in [2.05, 4.69) is 20.0 Å². The molecule has 2 aromatic rings. The quantitative estimate of drug-likeness (QED) is 0.892. The van der Waals surface area contributed by atoms with E-state index in [0.29, 0.717) is 44.4 Å². The number of rotatable bonds is 3. The Morgan fingerprint density at radius 3 is 2.60 bits per heavy atom. The Hall–Kier alpha value is -2.48. The zero-order valence-corrected chi connectivity index (χ0v) is 14.8. The second-order valence-electron chi connectivity index (χ2n) is 7.25. The zero-order valence-electron chi connectivity index (χ0n) is 14.8. The Morgan fingerprint density at radius 1 is 1.28 bits per heavy atom. The number of nitrogens with one attached hydrogen (secondary N) is 1. The van der Waals surface area contributed by atoms with Crippen LogP contribution in [0.15, 0.2) is 27.6 Å². The van der Waals surface area contributed by atoms with Crippen molar-refractivity contribution in [3.8, 4) is 0 Å². The van der Waals surface area contributed by atoms with E-state index in [1.807, 2.05) is 20.8 Å². The summed E-state index contributed by atoms with van der Waals surface area (Å²) in [6.45, 7) is 9.22. The fourth-order valence-corrected chi connectivity index (χ4v) is 2.69. The van der Waals surface area contributed by atoms with Gasteiger partial charge in [0.15, 0.2) is 5.82 Å². The molecule has 1 aliphatic heterocycles. The summed E-state index contributed by atoms with van der Waals surface area (Å²) in [5.41, 5.74) is -0.334. The van der Waals surface area contributed by atoms with Crippen LogP contribution in [0.5, 0.6) is 0 Å². The normalized spacial score (nSPS) is 16.2. The number of carbonyl (C=O) groups excluding carboxylic acids is 1. The number of amides is 1. The van der Waals surface area contributed by atoms with Gasteiger partial charge in [0.2, 0.25) is 5.89 Å². The molecule has 1 saturated heterocycles. The molecule has 0 unspecified atom stereocenters. The summed E-state index contributed by atoms with van der Waals surface area (Å²) in [7, 11) is 0. The summed E-state index contributed by atoms with van der Waals surface area (Å²) < 4.78 is 5.31. The highest BCUT2D eigenvalue weighted by Gasteiger charge is 2.26. The van der Waals surface area contributed by atoms with Gasteiger partial charge >= 0.3 is 0 Å². The number of aromatic nitrogens is 3. The van der Waals surface area contributed by atoms with Crippen molar-refractivity contribution in [2.75, 3.05) is 26.2 Å². The van der Waals surface area contributed by atoms with Crippen LogP contribution in [0.25, 0.3) is 0 Å². The lowest BCUT2D eigenvalue weighted by Crippen LogP contribution is -2.49. The molecule has 2 aromatic heterocycles. The van der Waals surface area contributed by atoms with Crippen LogP contribution >= 0.6 is 0 Å². The van der Waals surface area contributed by atoms with Crippen LogP contribution in [0.2, 0.25) is 0 Å². The van der Waals surface area contributed by atoms with Gasteiger partial charge in [0.1, 0.15) is 5.56 Å². The minimum absolute atomic E-state index is 0.168. The first-order valence-corrected chi connectivity index (χ1v) is 8.37. The van der Waals surface area contributed by atoms with E-state index in [9.17, 15) is 9.59 Å². The lowest BCUT2D eigenvalue weighted by molar-refractivity contribution is 0.0622. The highest BCUT2D eigenvalue weighted by molar-refractivity contribution is 5.93. The fraction of sp³-hybridized carbons (Fsp3) is 0.529. The summed E-state index contributed by atoms with van der Waals surface area (Å²) in [4.78, 5) is 35.1. The van der Waals surface area contributed by atoms with E-state index < -0.39 is 0 Å². The Morgan fingerprint density at radius 2 is 2.00 bits per heavy atom. The van der Waals surface area contributed by atoms with Gasteiger partial charge < -0.3 is 14.4 Å². The molecule has 0 radical (unpaired) electrons. The molecule has 8 nitrogen and oxygen atoms in total. The molecule has 0 spiro atoms. The number of carbonyl (C=O) groups is 1. The first-order valence-electron chi connectivity index (χ1n) is 8.37. The van der Waals surface area contributed by atoms with Gasteiger partial charge in [-0.05, 0) is 12.1 Å². The second kappa shape index (κ2) is 6.79. The Kier molecular flexibility index (Phi) is 4.71. The molecular formula is C17H23N5O3. The lowest BCUT2D eigenvalue weighted by Gasteiger charge is -2.33. The van der Waals surface area contributed by atoms with E-state index in [4.69, 9.17) is 4.52 Å². The molecule has 0 saturated carbocycles. The van der Waals surface area contributed by atoms with Gasteiger partial charge in [-0.1, -0.05) is 25.9 Å². The minimum atomic E-state index is -0.351. The van der Waals surface area contributed by atoms with Gasteiger partial charge in [-0.3, -0.25) is 14.5 Å². The monoisotopic (exact) mass is 345 g/mol. The van der Waals surface area contributed by atoms with Gasteiger partial charge in [0.05, 0.1) is 6.54 Å². The van der Waals surface area contributed by atoms with Crippen molar-refractivity contribution in [1.29, 1.82) is 0 Å². The van der Waals surface area contributed by atoms with Crippen LogP contribution in [0.1, 0.15) is 42.8 Å². The maximum Gasteiger partial charge on any atom is 0.260 e. The molecule has 3 rings (SSSR count). The number of piperazine rings is 1. The number of nitrogens with zero attached hydrogens (tertiary/aromatic N) is 4. The zero-order chi connectivity index (χ0) is 18.0. The Balaban J connectivity index is 1.57. The van der Waals surface area contributed by atoms with Gasteiger partial charge in [0.25, 0.3) is 11.5 Å². The average Bonchev–Trinajstić information content (AvgIpc) is 3.04. The molecule has 3 heterocycles. The van der Waals surface area contributed by atoms with Gasteiger partial charge in [-0.2, -0.15) is 4.98 Å². The first kappa shape index (κ1) is 17.3. The highest BCUT2D eigenvalue weighted by Crippen LogP contribution is 2.20. The van der Waals surface area contributed by atoms with Crippen LogP contribution in [-0.2, 0) is 12.0 Å². The number of aromatic amines is 1. The van der Waals surface area contributed by atoms with Crippen molar-refractivity contribution in [2.24, 2.45) is 0 Å². The molecule has 0 aliphatic carbocycles. The van der Waals surface area contributed by atoms with E-state index in [1.54, 1.807) is 17.0 Å². The fourth-order valence-electron chi connectivity index (χ4n) is 2.69.